The highest BCUT2D eigenvalue weighted by Crippen LogP contribution is 2.28. The van der Waals surface area contributed by atoms with E-state index in [1.54, 1.807) is 19.4 Å². The summed E-state index contributed by atoms with van der Waals surface area (Å²) in [5, 5.41) is 5.80. The summed E-state index contributed by atoms with van der Waals surface area (Å²) in [4.78, 5) is 15.6. The first-order valence-corrected chi connectivity index (χ1v) is 6.03. The molecule has 0 unspecified atom stereocenters. The van der Waals surface area contributed by atoms with Gasteiger partial charge in [-0.3, -0.25) is 9.78 Å². The molecule has 0 aliphatic carbocycles. The minimum absolute atomic E-state index is 0.0197. The molecule has 94 valence electrons. The van der Waals surface area contributed by atoms with E-state index in [2.05, 4.69) is 31.5 Å². The Hall–Kier alpha value is -1.30. The van der Waals surface area contributed by atoms with Gasteiger partial charge < -0.3 is 16.4 Å². The Morgan fingerprint density at radius 1 is 1.53 bits per heavy atom. The number of carbonyl (C=O) groups excluding carboxylic acids is 1. The van der Waals surface area contributed by atoms with Gasteiger partial charge >= 0.3 is 0 Å². The molecule has 1 aromatic heterocycles. The molecule has 1 amide bonds. The first-order chi connectivity index (χ1) is 7.88. The van der Waals surface area contributed by atoms with Gasteiger partial charge in [0.05, 0.1) is 27.5 Å². The van der Waals surface area contributed by atoms with Crippen LogP contribution in [0.4, 0.5) is 11.4 Å². The van der Waals surface area contributed by atoms with Crippen LogP contribution in [0.15, 0.2) is 16.9 Å². The fourth-order valence-corrected chi connectivity index (χ4v) is 1.85. The van der Waals surface area contributed by atoms with Crippen LogP contribution >= 0.6 is 15.9 Å². The van der Waals surface area contributed by atoms with Gasteiger partial charge in [-0.15, -0.1) is 0 Å². The number of rotatable bonds is 4. The Kier molecular flexibility index (Phi) is 4.34. The normalized spacial score (nSPS) is 11.1. The van der Waals surface area contributed by atoms with E-state index in [1.165, 1.54) is 0 Å². The van der Waals surface area contributed by atoms with Crippen LogP contribution in [0.25, 0.3) is 0 Å². The van der Waals surface area contributed by atoms with Crippen LogP contribution in [0.1, 0.15) is 13.8 Å². The van der Waals surface area contributed by atoms with Crippen molar-refractivity contribution in [2.75, 3.05) is 24.6 Å². The molecule has 0 spiro atoms. The highest BCUT2D eigenvalue weighted by atomic mass is 79.9. The van der Waals surface area contributed by atoms with Crippen molar-refractivity contribution in [3.05, 3.63) is 16.9 Å². The molecular formula is C11H17BrN4O. The zero-order valence-corrected chi connectivity index (χ0v) is 11.8. The van der Waals surface area contributed by atoms with Gasteiger partial charge in [-0.2, -0.15) is 0 Å². The molecule has 0 bridgehead atoms. The number of halogens is 1. The van der Waals surface area contributed by atoms with E-state index in [0.717, 1.165) is 10.2 Å². The van der Waals surface area contributed by atoms with Crippen molar-refractivity contribution >= 4 is 33.2 Å². The number of pyridine rings is 1. The second-order valence-corrected chi connectivity index (χ2v) is 5.26. The molecule has 0 saturated carbocycles. The molecule has 1 aromatic rings. The smallest absolute Gasteiger partial charge is 0.227 e. The number of nitrogen functional groups attached to an aromatic ring is 1. The molecule has 4 N–H and O–H groups in total. The zero-order chi connectivity index (χ0) is 13.1. The summed E-state index contributed by atoms with van der Waals surface area (Å²) in [6, 6.07) is 0. The van der Waals surface area contributed by atoms with Gasteiger partial charge in [-0.25, -0.2) is 0 Å². The number of hydrogen-bond acceptors (Lipinski definition) is 4. The second kappa shape index (κ2) is 5.35. The molecule has 17 heavy (non-hydrogen) atoms. The summed E-state index contributed by atoms with van der Waals surface area (Å²) in [6.45, 7) is 4.22. The largest absolute Gasteiger partial charge is 0.396 e. The first kappa shape index (κ1) is 13.8. The van der Waals surface area contributed by atoms with Gasteiger partial charge in [0.1, 0.15) is 0 Å². The highest BCUT2D eigenvalue weighted by molar-refractivity contribution is 9.10. The summed E-state index contributed by atoms with van der Waals surface area (Å²) >= 11 is 3.36. The van der Waals surface area contributed by atoms with E-state index < -0.39 is 5.41 Å². The minimum atomic E-state index is -0.510. The Labute approximate surface area is 109 Å². The van der Waals surface area contributed by atoms with Gasteiger partial charge in [0, 0.05) is 19.8 Å². The standard InChI is InChI=1S/C11H17BrN4O/c1-11(2,10(17)14-3)6-16-9-7(12)4-15-5-8(9)13/h4-5H,6,13H2,1-3H3,(H,14,17)(H,15,16). The third kappa shape index (κ3) is 3.33. The van der Waals surface area contributed by atoms with E-state index in [1.807, 2.05) is 13.8 Å². The molecule has 0 saturated heterocycles. The number of hydrogen-bond donors (Lipinski definition) is 3. The SMILES string of the molecule is CNC(=O)C(C)(C)CNc1c(N)cncc1Br. The van der Waals surface area contributed by atoms with Gasteiger partial charge in [-0.1, -0.05) is 0 Å². The molecule has 0 aromatic carbocycles. The molecule has 0 atom stereocenters. The summed E-state index contributed by atoms with van der Waals surface area (Å²) in [6.07, 6.45) is 3.23. The molecule has 0 aliphatic heterocycles. The number of aromatic nitrogens is 1. The lowest BCUT2D eigenvalue weighted by atomic mass is 9.92. The van der Waals surface area contributed by atoms with Gasteiger partial charge in [-0.05, 0) is 29.8 Å². The summed E-state index contributed by atoms with van der Waals surface area (Å²) in [5.74, 6) is -0.0197. The van der Waals surface area contributed by atoms with Crippen molar-refractivity contribution in [2.45, 2.75) is 13.8 Å². The minimum Gasteiger partial charge on any atom is -0.396 e. The molecule has 1 rings (SSSR count). The van der Waals surface area contributed by atoms with Crippen LogP contribution < -0.4 is 16.4 Å². The number of nitrogens with zero attached hydrogens (tertiary/aromatic N) is 1. The van der Waals surface area contributed by atoms with Gasteiger partial charge in [0.2, 0.25) is 5.91 Å². The van der Waals surface area contributed by atoms with Crippen LogP contribution in [-0.4, -0.2) is 24.5 Å². The molecule has 6 heteroatoms. The number of nitrogens with one attached hydrogen (secondary N) is 2. The second-order valence-electron chi connectivity index (χ2n) is 4.40. The zero-order valence-electron chi connectivity index (χ0n) is 10.2. The van der Waals surface area contributed by atoms with Crippen LogP contribution in [0.2, 0.25) is 0 Å². The number of amides is 1. The van der Waals surface area contributed by atoms with E-state index in [4.69, 9.17) is 5.73 Å². The fraction of sp³-hybridized carbons (Fsp3) is 0.455. The number of carbonyl (C=O) groups is 1. The van der Waals surface area contributed by atoms with Crippen LogP contribution in [0.5, 0.6) is 0 Å². The molecular weight excluding hydrogens is 284 g/mol. The third-order valence-corrected chi connectivity index (χ3v) is 3.08. The van der Waals surface area contributed by atoms with Crippen molar-refractivity contribution in [3.8, 4) is 0 Å². The van der Waals surface area contributed by atoms with Crippen molar-refractivity contribution in [1.82, 2.24) is 10.3 Å². The number of nitrogens with two attached hydrogens (primary N) is 1. The Balaban J connectivity index is 2.77. The molecule has 5 nitrogen and oxygen atoms in total. The van der Waals surface area contributed by atoms with Gasteiger partial charge in [0.15, 0.2) is 0 Å². The van der Waals surface area contributed by atoms with Crippen molar-refractivity contribution < 1.29 is 4.79 Å². The summed E-state index contributed by atoms with van der Waals surface area (Å²) in [5.41, 5.74) is 6.60. The van der Waals surface area contributed by atoms with Crippen molar-refractivity contribution in [3.63, 3.8) is 0 Å². The fourth-order valence-electron chi connectivity index (χ4n) is 1.36. The van der Waals surface area contributed by atoms with E-state index in [-0.39, 0.29) is 5.91 Å². The van der Waals surface area contributed by atoms with Gasteiger partial charge in [0.25, 0.3) is 0 Å². The first-order valence-electron chi connectivity index (χ1n) is 5.23. The Morgan fingerprint density at radius 3 is 2.71 bits per heavy atom. The lowest BCUT2D eigenvalue weighted by Gasteiger charge is -2.24. The van der Waals surface area contributed by atoms with Crippen LogP contribution in [0.3, 0.4) is 0 Å². The molecule has 0 radical (unpaired) electrons. The predicted molar refractivity (Wildman–Crippen MR) is 72.7 cm³/mol. The van der Waals surface area contributed by atoms with E-state index in [9.17, 15) is 4.79 Å². The summed E-state index contributed by atoms with van der Waals surface area (Å²) < 4.78 is 0.783. The predicted octanol–water partition coefficient (Wildman–Crippen LogP) is 1.61. The third-order valence-electron chi connectivity index (χ3n) is 2.48. The van der Waals surface area contributed by atoms with Crippen molar-refractivity contribution in [2.24, 2.45) is 5.41 Å². The average Bonchev–Trinajstić information content (AvgIpc) is 2.27. The highest BCUT2D eigenvalue weighted by Gasteiger charge is 2.26. The van der Waals surface area contributed by atoms with Crippen LogP contribution in [0, 0.1) is 5.41 Å². The quantitative estimate of drug-likeness (QED) is 0.789. The van der Waals surface area contributed by atoms with Crippen molar-refractivity contribution in [1.29, 1.82) is 0 Å². The van der Waals surface area contributed by atoms with E-state index in [0.29, 0.717) is 12.2 Å². The maximum absolute atomic E-state index is 11.6. The Bertz CT molecular complexity index is 400. The molecule has 0 fully saturated rings. The Morgan fingerprint density at radius 2 is 2.18 bits per heavy atom. The number of anilines is 2. The topological polar surface area (TPSA) is 80.0 Å². The molecule has 0 aliphatic rings. The lowest BCUT2D eigenvalue weighted by Crippen LogP contribution is -2.39. The maximum atomic E-state index is 11.6. The lowest BCUT2D eigenvalue weighted by molar-refractivity contribution is -0.128. The molecule has 1 heterocycles. The monoisotopic (exact) mass is 300 g/mol. The van der Waals surface area contributed by atoms with Crippen LogP contribution in [-0.2, 0) is 4.79 Å². The average molecular weight is 301 g/mol. The maximum Gasteiger partial charge on any atom is 0.227 e. The van der Waals surface area contributed by atoms with E-state index >= 15 is 0 Å². The summed E-state index contributed by atoms with van der Waals surface area (Å²) in [7, 11) is 1.63.